The summed E-state index contributed by atoms with van der Waals surface area (Å²) in [6.07, 6.45) is 6.67. The Morgan fingerprint density at radius 1 is 1.32 bits per heavy atom. The summed E-state index contributed by atoms with van der Waals surface area (Å²) in [6, 6.07) is -1.17. The number of β-lactam (4-membered cyclic amide) rings is 1. The molecule has 3 aliphatic rings. The number of carbonyl (C=O) groups excluding carboxylic acids is 1. The SMILES string of the molecule is CC1(C)S[C@@H]2[C@H](N=CN3CCCCCC3)C(=O)N2[C@@H]1C(=O)O. The van der Waals surface area contributed by atoms with E-state index in [4.69, 9.17) is 0 Å². The molecule has 0 aliphatic carbocycles. The van der Waals surface area contributed by atoms with Crippen LogP contribution in [0.25, 0.3) is 0 Å². The van der Waals surface area contributed by atoms with Crippen LogP contribution in [0, 0.1) is 0 Å². The van der Waals surface area contributed by atoms with Gasteiger partial charge in [0.2, 0.25) is 0 Å². The van der Waals surface area contributed by atoms with Crippen LogP contribution in [0.4, 0.5) is 0 Å². The van der Waals surface area contributed by atoms with Crippen LogP contribution in [0.5, 0.6) is 0 Å². The fourth-order valence-corrected chi connectivity index (χ4v) is 5.13. The predicted molar refractivity (Wildman–Crippen MR) is 86.0 cm³/mol. The number of carbonyl (C=O) groups is 2. The number of nitrogens with zero attached hydrogens (tertiary/aromatic N) is 3. The second-order valence-electron chi connectivity index (χ2n) is 6.76. The average Bonchev–Trinajstić information content (AvgIpc) is 2.60. The number of aliphatic carboxylic acids is 1. The van der Waals surface area contributed by atoms with E-state index in [1.807, 2.05) is 20.2 Å². The number of hydrogen-bond acceptors (Lipinski definition) is 4. The third kappa shape index (κ3) is 2.59. The smallest absolute Gasteiger partial charge is 0.327 e. The summed E-state index contributed by atoms with van der Waals surface area (Å²) in [6.45, 7) is 5.76. The molecule has 122 valence electrons. The first-order chi connectivity index (χ1) is 10.4. The molecular weight excluding hydrogens is 302 g/mol. The lowest BCUT2D eigenvalue weighted by molar-refractivity contribution is -0.158. The van der Waals surface area contributed by atoms with Gasteiger partial charge in [-0.25, -0.2) is 4.79 Å². The lowest BCUT2D eigenvalue weighted by atomic mass is 9.96. The summed E-state index contributed by atoms with van der Waals surface area (Å²) in [7, 11) is 0. The molecule has 0 aromatic rings. The number of amides is 1. The number of rotatable bonds is 3. The van der Waals surface area contributed by atoms with E-state index < -0.39 is 22.8 Å². The second kappa shape index (κ2) is 5.76. The first-order valence-electron chi connectivity index (χ1n) is 7.92. The van der Waals surface area contributed by atoms with Gasteiger partial charge in [0, 0.05) is 17.8 Å². The van der Waals surface area contributed by atoms with E-state index in [2.05, 4.69) is 9.89 Å². The molecule has 1 N–H and O–H groups in total. The zero-order chi connectivity index (χ0) is 15.9. The molecule has 3 aliphatic heterocycles. The third-order valence-corrected chi connectivity index (χ3v) is 6.24. The number of fused-ring (bicyclic) bond motifs is 1. The van der Waals surface area contributed by atoms with Gasteiger partial charge in [-0.05, 0) is 26.7 Å². The van der Waals surface area contributed by atoms with Gasteiger partial charge in [-0.15, -0.1) is 11.8 Å². The van der Waals surface area contributed by atoms with Gasteiger partial charge < -0.3 is 14.9 Å². The van der Waals surface area contributed by atoms with E-state index in [9.17, 15) is 14.7 Å². The van der Waals surface area contributed by atoms with Crippen LogP contribution in [0.15, 0.2) is 4.99 Å². The number of hydrogen-bond donors (Lipinski definition) is 1. The van der Waals surface area contributed by atoms with Gasteiger partial charge in [0.15, 0.2) is 6.04 Å². The minimum Gasteiger partial charge on any atom is -0.480 e. The Morgan fingerprint density at radius 2 is 1.95 bits per heavy atom. The van der Waals surface area contributed by atoms with Crippen molar-refractivity contribution >= 4 is 30.0 Å². The maximum absolute atomic E-state index is 12.3. The van der Waals surface area contributed by atoms with E-state index >= 15 is 0 Å². The third-order valence-electron chi connectivity index (χ3n) is 4.68. The van der Waals surface area contributed by atoms with Crippen LogP contribution >= 0.6 is 11.8 Å². The highest BCUT2D eigenvalue weighted by molar-refractivity contribution is 8.01. The summed E-state index contributed by atoms with van der Waals surface area (Å²) >= 11 is 1.55. The molecule has 1 amide bonds. The first kappa shape index (κ1) is 15.6. The molecule has 0 aromatic carbocycles. The van der Waals surface area contributed by atoms with Gasteiger partial charge in [0.1, 0.15) is 11.4 Å². The van der Waals surface area contributed by atoms with E-state index in [1.165, 1.54) is 30.6 Å². The summed E-state index contributed by atoms with van der Waals surface area (Å²) in [5.41, 5.74) is 0. The van der Waals surface area contributed by atoms with Crippen molar-refractivity contribution in [1.82, 2.24) is 9.80 Å². The molecule has 3 saturated heterocycles. The van der Waals surface area contributed by atoms with Crippen LogP contribution in [-0.2, 0) is 9.59 Å². The van der Waals surface area contributed by atoms with Crippen molar-refractivity contribution in [2.24, 2.45) is 4.99 Å². The summed E-state index contributed by atoms with van der Waals surface area (Å²) in [4.78, 5) is 31.9. The Kier molecular flexibility index (Phi) is 4.09. The highest BCUT2D eigenvalue weighted by atomic mass is 32.2. The quantitative estimate of drug-likeness (QED) is 0.482. The van der Waals surface area contributed by atoms with E-state index in [0.29, 0.717) is 0 Å². The molecule has 0 aromatic heterocycles. The molecule has 22 heavy (non-hydrogen) atoms. The Hall–Kier alpha value is -1.24. The maximum atomic E-state index is 12.3. The number of aliphatic imine (C=N–C) groups is 1. The molecule has 6 nitrogen and oxygen atoms in total. The van der Waals surface area contributed by atoms with Crippen LogP contribution in [-0.4, -0.2) is 68.4 Å². The average molecular weight is 325 g/mol. The molecule has 3 atom stereocenters. The number of carboxylic acid groups (broad SMARTS) is 1. The number of likely N-dealkylation sites (tertiary alicyclic amines) is 1. The summed E-state index contributed by atoms with van der Waals surface area (Å²) in [5, 5.41) is 9.25. The van der Waals surface area contributed by atoms with Crippen molar-refractivity contribution in [2.45, 2.75) is 61.7 Å². The highest BCUT2D eigenvalue weighted by Crippen LogP contribution is 2.51. The minimum atomic E-state index is -0.928. The Morgan fingerprint density at radius 3 is 2.55 bits per heavy atom. The van der Waals surface area contributed by atoms with Crippen molar-refractivity contribution in [3.63, 3.8) is 0 Å². The molecule has 3 heterocycles. The minimum absolute atomic E-state index is 0.133. The van der Waals surface area contributed by atoms with Crippen LogP contribution in [0.1, 0.15) is 39.5 Å². The topological polar surface area (TPSA) is 73.2 Å². The van der Waals surface area contributed by atoms with Crippen molar-refractivity contribution in [2.75, 3.05) is 13.1 Å². The normalized spacial score (nSPS) is 34.5. The van der Waals surface area contributed by atoms with Gasteiger partial charge in [-0.3, -0.25) is 9.79 Å². The lowest BCUT2D eigenvalue weighted by Crippen LogP contribution is -2.65. The van der Waals surface area contributed by atoms with Crippen molar-refractivity contribution in [3.8, 4) is 0 Å². The van der Waals surface area contributed by atoms with Gasteiger partial charge >= 0.3 is 5.97 Å². The zero-order valence-electron chi connectivity index (χ0n) is 13.1. The number of carboxylic acids is 1. The summed E-state index contributed by atoms with van der Waals surface area (Å²) in [5.74, 6) is -1.08. The predicted octanol–water partition coefficient (Wildman–Crippen LogP) is 1.41. The van der Waals surface area contributed by atoms with Crippen molar-refractivity contribution < 1.29 is 14.7 Å². The van der Waals surface area contributed by atoms with Crippen LogP contribution in [0.3, 0.4) is 0 Å². The Labute approximate surface area is 134 Å². The highest BCUT2D eigenvalue weighted by Gasteiger charge is 2.63. The zero-order valence-corrected chi connectivity index (χ0v) is 13.9. The van der Waals surface area contributed by atoms with E-state index in [1.54, 1.807) is 11.8 Å². The molecule has 0 unspecified atom stereocenters. The van der Waals surface area contributed by atoms with Gasteiger partial charge in [-0.1, -0.05) is 12.8 Å². The Bertz CT molecular complexity index is 500. The van der Waals surface area contributed by atoms with Crippen molar-refractivity contribution in [3.05, 3.63) is 0 Å². The second-order valence-corrected chi connectivity index (χ2v) is 8.53. The van der Waals surface area contributed by atoms with Gasteiger partial charge in [0.05, 0.1) is 6.34 Å². The molecule has 7 heteroatoms. The monoisotopic (exact) mass is 325 g/mol. The van der Waals surface area contributed by atoms with Gasteiger partial charge in [-0.2, -0.15) is 0 Å². The largest absolute Gasteiger partial charge is 0.480 e. The van der Waals surface area contributed by atoms with Crippen LogP contribution in [0.2, 0.25) is 0 Å². The molecule has 0 saturated carbocycles. The van der Waals surface area contributed by atoms with E-state index in [-0.39, 0.29) is 11.3 Å². The van der Waals surface area contributed by atoms with Crippen molar-refractivity contribution in [1.29, 1.82) is 0 Å². The van der Waals surface area contributed by atoms with E-state index in [0.717, 1.165) is 13.1 Å². The molecule has 0 radical (unpaired) electrons. The fourth-order valence-electron chi connectivity index (χ4n) is 3.51. The summed E-state index contributed by atoms with van der Waals surface area (Å²) < 4.78 is -0.473. The fraction of sp³-hybridized carbons (Fsp3) is 0.800. The maximum Gasteiger partial charge on any atom is 0.327 e. The lowest BCUT2D eigenvalue weighted by Gasteiger charge is -2.41. The molecular formula is C15H23N3O3S. The molecule has 3 fully saturated rings. The standard InChI is InChI=1S/C15H23N3O3S/c1-15(2)11(14(20)21)18-12(19)10(13(18)22-15)16-9-17-7-5-3-4-6-8-17/h9-11,13H,3-8H2,1-2H3,(H,20,21)/t10-,11-,13-/m1/s1. The molecule has 0 bridgehead atoms. The first-order valence-corrected chi connectivity index (χ1v) is 8.80. The molecule has 3 rings (SSSR count). The molecule has 0 spiro atoms. The Balaban J connectivity index is 1.68. The van der Waals surface area contributed by atoms with Crippen LogP contribution < -0.4 is 0 Å². The number of thioether (sulfide) groups is 1. The van der Waals surface area contributed by atoms with Gasteiger partial charge in [0.25, 0.3) is 5.91 Å².